The first-order chi connectivity index (χ1) is 12.5. The fourth-order valence-electron chi connectivity index (χ4n) is 2.50. The Labute approximate surface area is 156 Å². The lowest BCUT2D eigenvalue weighted by atomic mass is 10.1. The molecule has 0 aliphatic carbocycles. The number of nitrogens with zero attached hydrogens (tertiary/aromatic N) is 1. The molecule has 0 aliphatic heterocycles. The highest BCUT2D eigenvalue weighted by atomic mass is 32.2. The van der Waals surface area contributed by atoms with E-state index >= 15 is 0 Å². The summed E-state index contributed by atoms with van der Waals surface area (Å²) in [4.78, 5) is 31.3. The van der Waals surface area contributed by atoms with Crippen molar-refractivity contribution < 1.29 is 9.59 Å². The molecule has 26 heavy (non-hydrogen) atoms. The van der Waals surface area contributed by atoms with E-state index in [9.17, 15) is 9.59 Å². The van der Waals surface area contributed by atoms with E-state index in [2.05, 4.69) is 15.3 Å². The van der Waals surface area contributed by atoms with Crippen molar-refractivity contribution in [1.29, 1.82) is 0 Å². The van der Waals surface area contributed by atoms with Crippen molar-refractivity contribution >= 4 is 29.1 Å². The van der Waals surface area contributed by atoms with Crippen LogP contribution in [0.15, 0.2) is 66.0 Å². The Hall–Kier alpha value is -2.86. The molecule has 1 heterocycles. The third-order valence-corrected chi connectivity index (χ3v) is 4.78. The van der Waals surface area contributed by atoms with Gasteiger partial charge in [0.25, 0.3) is 0 Å². The Balaban J connectivity index is 1.66. The number of anilines is 1. The van der Waals surface area contributed by atoms with Gasteiger partial charge in [-0.05, 0) is 36.8 Å². The zero-order valence-corrected chi connectivity index (χ0v) is 15.3. The number of imidazole rings is 1. The summed E-state index contributed by atoms with van der Waals surface area (Å²) in [6.07, 6.45) is 1.77. The minimum absolute atomic E-state index is 0.0158. The van der Waals surface area contributed by atoms with Gasteiger partial charge in [0.2, 0.25) is 5.91 Å². The summed E-state index contributed by atoms with van der Waals surface area (Å²) >= 11 is 1.39. The molecule has 3 aromatic rings. The fraction of sp³-hybridized carbons (Fsp3) is 0.150. The van der Waals surface area contributed by atoms with Crippen LogP contribution in [0.25, 0.3) is 11.3 Å². The molecule has 2 aromatic carbocycles. The number of rotatable bonds is 6. The summed E-state index contributed by atoms with van der Waals surface area (Å²) in [6, 6.07) is 16.8. The molecule has 132 valence electrons. The maximum Gasteiger partial charge on any atom is 0.221 e. The van der Waals surface area contributed by atoms with Crippen LogP contribution in [0, 0.1) is 0 Å². The molecule has 2 N–H and O–H groups in total. The average Bonchev–Trinajstić information content (AvgIpc) is 3.10. The first-order valence-electron chi connectivity index (χ1n) is 8.22. The molecule has 1 atom stereocenters. The number of benzene rings is 2. The molecule has 0 saturated heterocycles. The zero-order chi connectivity index (χ0) is 18.5. The Kier molecular flexibility index (Phi) is 5.53. The molecule has 0 spiro atoms. The van der Waals surface area contributed by atoms with Crippen LogP contribution in [-0.4, -0.2) is 26.9 Å². The van der Waals surface area contributed by atoms with Crippen molar-refractivity contribution in [3.63, 3.8) is 0 Å². The molecule has 0 fully saturated rings. The summed E-state index contributed by atoms with van der Waals surface area (Å²) < 4.78 is 0. The number of amides is 1. The zero-order valence-electron chi connectivity index (χ0n) is 14.5. The van der Waals surface area contributed by atoms with E-state index in [1.165, 1.54) is 18.7 Å². The van der Waals surface area contributed by atoms with Gasteiger partial charge in [0.15, 0.2) is 10.9 Å². The Morgan fingerprint density at radius 3 is 2.42 bits per heavy atom. The number of ketones is 1. The predicted molar refractivity (Wildman–Crippen MR) is 104 cm³/mol. The Bertz CT molecular complexity index is 904. The van der Waals surface area contributed by atoms with Crippen molar-refractivity contribution in [2.75, 3.05) is 5.32 Å². The van der Waals surface area contributed by atoms with Gasteiger partial charge in [0.05, 0.1) is 17.1 Å². The predicted octanol–water partition coefficient (Wildman–Crippen LogP) is 4.40. The molecular weight excluding hydrogens is 346 g/mol. The van der Waals surface area contributed by atoms with Gasteiger partial charge in [0.1, 0.15) is 0 Å². The molecular formula is C20H19N3O2S. The van der Waals surface area contributed by atoms with E-state index in [0.717, 1.165) is 11.3 Å². The summed E-state index contributed by atoms with van der Waals surface area (Å²) in [7, 11) is 0. The number of carbonyl (C=O) groups is 2. The molecule has 5 nitrogen and oxygen atoms in total. The van der Waals surface area contributed by atoms with E-state index < -0.39 is 0 Å². The molecule has 0 saturated carbocycles. The second-order valence-corrected chi connectivity index (χ2v) is 7.18. The number of aromatic amines is 1. The minimum Gasteiger partial charge on any atom is -0.333 e. The van der Waals surface area contributed by atoms with Gasteiger partial charge in [-0.3, -0.25) is 9.59 Å². The number of carbonyl (C=O) groups excluding carboxylic acids is 2. The van der Waals surface area contributed by atoms with Crippen LogP contribution >= 0.6 is 11.8 Å². The lowest BCUT2D eigenvalue weighted by molar-refractivity contribution is -0.114. The van der Waals surface area contributed by atoms with E-state index in [0.29, 0.717) is 16.4 Å². The van der Waals surface area contributed by atoms with Crippen LogP contribution in [0.2, 0.25) is 0 Å². The van der Waals surface area contributed by atoms with Crippen LogP contribution < -0.4 is 5.32 Å². The van der Waals surface area contributed by atoms with E-state index in [1.54, 1.807) is 30.5 Å². The van der Waals surface area contributed by atoms with Gasteiger partial charge < -0.3 is 10.3 Å². The maximum atomic E-state index is 12.6. The van der Waals surface area contributed by atoms with Crippen molar-refractivity contribution in [2.45, 2.75) is 24.3 Å². The van der Waals surface area contributed by atoms with E-state index in [4.69, 9.17) is 0 Å². The first-order valence-corrected chi connectivity index (χ1v) is 9.10. The molecule has 1 unspecified atom stereocenters. The van der Waals surface area contributed by atoms with Crippen molar-refractivity contribution in [2.24, 2.45) is 0 Å². The van der Waals surface area contributed by atoms with Crippen LogP contribution in [0.5, 0.6) is 0 Å². The summed E-state index contributed by atoms with van der Waals surface area (Å²) in [5.74, 6) is -0.123. The second kappa shape index (κ2) is 8.01. The molecule has 6 heteroatoms. The maximum absolute atomic E-state index is 12.6. The molecule has 3 rings (SSSR count). The SMILES string of the molecule is CC(=O)Nc1ccc(C(=O)C(C)Sc2ncc(-c3ccccc3)[nH]2)cc1. The van der Waals surface area contributed by atoms with Crippen molar-refractivity contribution in [3.05, 3.63) is 66.4 Å². The summed E-state index contributed by atoms with van der Waals surface area (Å²) in [6.45, 7) is 3.31. The highest BCUT2D eigenvalue weighted by Gasteiger charge is 2.18. The number of H-pyrrole nitrogens is 1. The number of hydrogen-bond donors (Lipinski definition) is 2. The summed E-state index contributed by atoms with van der Waals surface area (Å²) in [5.41, 5.74) is 3.26. The number of thioether (sulfide) groups is 1. The molecule has 1 aromatic heterocycles. The normalized spacial score (nSPS) is 11.8. The summed E-state index contributed by atoms with van der Waals surface area (Å²) in [5, 5.41) is 3.11. The standard InChI is InChI=1S/C20H19N3O2S/c1-13(19(25)16-8-10-17(11-9-16)22-14(2)24)26-20-21-12-18(23-20)15-6-4-3-5-7-15/h3-13H,1-2H3,(H,21,23)(H,22,24). The third-order valence-electron chi connectivity index (χ3n) is 3.78. The van der Waals surface area contributed by atoms with Crippen LogP contribution in [0.3, 0.4) is 0 Å². The van der Waals surface area contributed by atoms with Crippen molar-refractivity contribution in [1.82, 2.24) is 9.97 Å². The van der Waals surface area contributed by atoms with Crippen LogP contribution in [-0.2, 0) is 4.79 Å². The third kappa shape index (κ3) is 4.40. The Morgan fingerprint density at radius 2 is 1.77 bits per heavy atom. The number of hydrogen-bond acceptors (Lipinski definition) is 4. The number of aromatic nitrogens is 2. The lowest BCUT2D eigenvalue weighted by Crippen LogP contribution is -2.14. The minimum atomic E-state index is -0.281. The van der Waals surface area contributed by atoms with Gasteiger partial charge >= 0.3 is 0 Å². The van der Waals surface area contributed by atoms with Crippen LogP contribution in [0.1, 0.15) is 24.2 Å². The topological polar surface area (TPSA) is 74.8 Å². The second-order valence-electron chi connectivity index (χ2n) is 5.85. The quantitative estimate of drug-likeness (QED) is 0.501. The smallest absolute Gasteiger partial charge is 0.221 e. The lowest BCUT2D eigenvalue weighted by Gasteiger charge is -2.09. The highest BCUT2D eigenvalue weighted by Crippen LogP contribution is 2.26. The Morgan fingerprint density at radius 1 is 1.08 bits per heavy atom. The van der Waals surface area contributed by atoms with Gasteiger partial charge in [-0.15, -0.1) is 0 Å². The highest BCUT2D eigenvalue weighted by molar-refractivity contribution is 8.00. The molecule has 0 bridgehead atoms. The van der Waals surface area contributed by atoms with Gasteiger partial charge in [0, 0.05) is 18.2 Å². The monoisotopic (exact) mass is 365 g/mol. The van der Waals surface area contributed by atoms with Gasteiger partial charge in [-0.1, -0.05) is 42.1 Å². The fourth-order valence-corrected chi connectivity index (χ4v) is 3.36. The van der Waals surface area contributed by atoms with E-state index in [-0.39, 0.29) is 16.9 Å². The number of Topliss-reactive ketones (excluding diaryl/α,β-unsaturated/α-hetero) is 1. The molecule has 0 radical (unpaired) electrons. The average molecular weight is 365 g/mol. The van der Waals surface area contributed by atoms with Crippen molar-refractivity contribution in [3.8, 4) is 11.3 Å². The first kappa shape index (κ1) is 17.9. The molecule has 0 aliphatic rings. The van der Waals surface area contributed by atoms with Gasteiger partial charge in [-0.25, -0.2) is 4.98 Å². The number of nitrogens with one attached hydrogen (secondary N) is 2. The van der Waals surface area contributed by atoms with Gasteiger partial charge in [-0.2, -0.15) is 0 Å². The van der Waals surface area contributed by atoms with E-state index in [1.807, 2.05) is 37.3 Å². The molecule has 1 amide bonds. The van der Waals surface area contributed by atoms with Crippen LogP contribution in [0.4, 0.5) is 5.69 Å². The largest absolute Gasteiger partial charge is 0.333 e.